The van der Waals surface area contributed by atoms with Crippen LogP contribution in [-0.2, 0) is 4.79 Å². The Hall–Kier alpha value is -0.530. The van der Waals surface area contributed by atoms with E-state index in [1.165, 1.54) is 0 Å². The number of hydrogen-bond donors (Lipinski definition) is 1. The first-order chi connectivity index (χ1) is 3.89. The highest BCUT2D eigenvalue weighted by atomic mass is 16.1. The Kier molecular flexibility index (Phi) is 1.89. The van der Waals surface area contributed by atoms with Crippen molar-refractivity contribution in [3.8, 4) is 0 Å². The van der Waals surface area contributed by atoms with Gasteiger partial charge in [0, 0.05) is 13.0 Å². The molecular formula is C6H10NO. The van der Waals surface area contributed by atoms with Crippen molar-refractivity contribution in [3.05, 3.63) is 6.42 Å². The lowest BCUT2D eigenvalue weighted by atomic mass is 10.2. The monoisotopic (exact) mass is 112 g/mol. The average Bonchev–Trinajstić information content (AvgIpc) is 1.94. The number of nitrogens with one attached hydrogen (secondary N) is 1. The normalized spacial score (nSPS) is 21.8. The maximum Gasteiger partial charge on any atom is 0.220 e. The molecule has 1 amide bonds. The molecule has 0 aromatic rings. The van der Waals surface area contributed by atoms with Gasteiger partial charge in [-0.3, -0.25) is 4.79 Å². The molecule has 0 atom stereocenters. The first-order valence-corrected chi connectivity index (χ1v) is 2.98. The molecule has 1 heterocycles. The van der Waals surface area contributed by atoms with Crippen LogP contribution in [0.25, 0.3) is 0 Å². The molecule has 45 valence electrons. The predicted octanol–water partition coefficient (Wildman–Crippen LogP) is 0.491. The Morgan fingerprint density at radius 1 is 1.50 bits per heavy atom. The van der Waals surface area contributed by atoms with Crippen molar-refractivity contribution in [1.82, 2.24) is 5.32 Å². The molecule has 1 fully saturated rings. The van der Waals surface area contributed by atoms with Gasteiger partial charge in [0.25, 0.3) is 0 Å². The molecule has 0 aromatic carbocycles. The molecule has 0 spiro atoms. The number of carbonyl (C=O) groups excluding carboxylic acids is 1. The zero-order valence-electron chi connectivity index (χ0n) is 4.81. The maximum atomic E-state index is 10.6. The lowest BCUT2D eigenvalue weighted by molar-refractivity contribution is -0.120. The van der Waals surface area contributed by atoms with Gasteiger partial charge in [-0.05, 0) is 19.3 Å². The van der Waals surface area contributed by atoms with Crippen LogP contribution in [0.3, 0.4) is 0 Å². The lowest BCUT2D eigenvalue weighted by Gasteiger charge is -1.93. The number of carbonyl (C=O) groups is 1. The Labute approximate surface area is 49.3 Å². The second kappa shape index (κ2) is 2.70. The Morgan fingerprint density at radius 2 is 2.38 bits per heavy atom. The van der Waals surface area contributed by atoms with Crippen molar-refractivity contribution < 1.29 is 4.79 Å². The molecule has 2 heteroatoms. The first-order valence-electron chi connectivity index (χ1n) is 2.98. The molecule has 0 aliphatic carbocycles. The van der Waals surface area contributed by atoms with Crippen LogP contribution < -0.4 is 5.32 Å². The van der Waals surface area contributed by atoms with Crippen LogP contribution in [0.2, 0.25) is 0 Å². The minimum Gasteiger partial charge on any atom is -0.356 e. The number of rotatable bonds is 0. The van der Waals surface area contributed by atoms with Crippen LogP contribution >= 0.6 is 0 Å². The first kappa shape index (κ1) is 5.60. The van der Waals surface area contributed by atoms with Crippen LogP contribution in [-0.4, -0.2) is 12.5 Å². The molecule has 1 saturated heterocycles. The van der Waals surface area contributed by atoms with Crippen molar-refractivity contribution in [2.24, 2.45) is 0 Å². The van der Waals surface area contributed by atoms with Gasteiger partial charge in [-0.1, -0.05) is 0 Å². The van der Waals surface area contributed by atoms with Gasteiger partial charge in [-0.25, -0.2) is 0 Å². The predicted molar refractivity (Wildman–Crippen MR) is 31.2 cm³/mol. The highest BCUT2D eigenvalue weighted by molar-refractivity contribution is 5.76. The van der Waals surface area contributed by atoms with Crippen LogP contribution in [0.15, 0.2) is 0 Å². The van der Waals surface area contributed by atoms with E-state index < -0.39 is 0 Å². The lowest BCUT2D eigenvalue weighted by Crippen LogP contribution is -2.21. The zero-order valence-corrected chi connectivity index (χ0v) is 4.81. The molecule has 1 radical (unpaired) electrons. The van der Waals surface area contributed by atoms with E-state index in [-0.39, 0.29) is 5.91 Å². The van der Waals surface area contributed by atoms with Crippen LogP contribution in [0, 0.1) is 6.42 Å². The van der Waals surface area contributed by atoms with E-state index in [0.29, 0.717) is 6.42 Å². The van der Waals surface area contributed by atoms with Gasteiger partial charge in [-0.15, -0.1) is 0 Å². The quantitative estimate of drug-likeness (QED) is 0.485. The van der Waals surface area contributed by atoms with Crippen molar-refractivity contribution in [1.29, 1.82) is 0 Å². The summed E-state index contributed by atoms with van der Waals surface area (Å²) in [7, 11) is 0. The van der Waals surface area contributed by atoms with E-state index in [1.807, 2.05) is 0 Å². The molecule has 2 nitrogen and oxygen atoms in total. The van der Waals surface area contributed by atoms with E-state index in [4.69, 9.17) is 0 Å². The second-order valence-electron chi connectivity index (χ2n) is 1.97. The summed E-state index contributed by atoms with van der Waals surface area (Å²) in [5, 5.41) is 2.77. The summed E-state index contributed by atoms with van der Waals surface area (Å²) in [6, 6.07) is 0. The summed E-state index contributed by atoms with van der Waals surface area (Å²) in [6.07, 6.45) is 4.81. The van der Waals surface area contributed by atoms with Crippen LogP contribution in [0.1, 0.15) is 19.3 Å². The number of hydrogen-bond acceptors (Lipinski definition) is 1. The van der Waals surface area contributed by atoms with Crippen molar-refractivity contribution in [2.45, 2.75) is 19.3 Å². The van der Waals surface area contributed by atoms with Crippen LogP contribution in [0.5, 0.6) is 0 Å². The highest BCUT2D eigenvalue weighted by Gasteiger charge is 2.03. The molecule has 8 heavy (non-hydrogen) atoms. The summed E-state index contributed by atoms with van der Waals surface area (Å²) >= 11 is 0. The van der Waals surface area contributed by atoms with Gasteiger partial charge in [0.15, 0.2) is 0 Å². The molecule has 1 aliphatic rings. The smallest absolute Gasteiger partial charge is 0.220 e. The molecule has 0 unspecified atom stereocenters. The maximum absolute atomic E-state index is 10.6. The highest BCUT2D eigenvalue weighted by Crippen LogP contribution is 2.00. The summed E-state index contributed by atoms with van der Waals surface area (Å²) < 4.78 is 0. The Balaban J connectivity index is 2.27. The topological polar surface area (TPSA) is 29.1 Å². The van der Waals surface area contributed by atoms with E-state index in [9.17, 15) is 4.79 Å². The average molecular weight is 112 g/mol. The molecule has 0 aromatic heterocycles. The Bertz CT molecular complexity index is 80.5. The third-order valence-electron chi connectivity index (χ3n) is 1.25. The molecule has 1 N–H and O–H groups in total. The van der Waals surface area contributed by atoms with Gasteiger partial charge in [-0.2, -0.15) is 0 Å². The van der Waals surface area contributed by atoms with Crippen LogP contribution in [0.4, 0.5) is 0 Å². The van der Waals surface area contributed by atoms with E-state index in [2.05, 4.69) is 11.7 Å². The summed E-state index contributed by atoms with van der Waals surface area (Å²) in [6.45, 7) is 0.832. The molecular weight excluding hydrogens is 102 g/mol. The van der Waals surface area contributed by atoms with Crippen molar-refractivity contribution in [3.63, 3.8) is 0 Å². The van der Waals surface area contributed by atoms with Gasteiger partial charge < -0.3 is 5.32 Å². The fourth-order valence-electron chi connectivity index (χ4n) is 0.780. The van der Waals surface area contributed by atoms with Crippen molar-refractivity contribution >= 4 is 5.91 Å². The van der Waals surface area contributed by atoms with Gasteiger partial charge in [0.05, 0.1) is 0 Å². The van der Waals surface area contributed by atoms with Crippen molar-refractivity contribution in [2.75, 3.05) is 6.54 Å². The van der Waals surface area contributed by atoms with E-state index in [0.717, 1.165) is 19.4 Å². The SMILES string of the molecule is O=C1CC[CH]CCN1. The van der Waals surface area contributed by atoms with Gasteiger partial charge in [0.2, 0.25) is 5.91 Å². The third-order valence-corrected chi connectivity index (χ3v) is 1.25. The zero-order chi connectivity index (χ0) is 5.82. The molecule has 0 bridgehead atoms. The minimum atomic E-state index is 0.193. The summed E-state index contributed by atoms with van der Waals surface area (Å²) in [5.41, 5.74) is 0. The standard InChI is InChI=1S/C6H10NO/c8-6-4-2-1-3-5-7-6/h1H,2-5H2,(H,7,8). The fraction of sp³-hybridized carbons (Fsp3) is 0.667. The van der Waals surface area contributed by atoms with Gasteiger partial charge in [0.1, 0.15) is 0 Å². The second-order valence-corrected chi connectivity index (χ2v) is 1.97. The number of amides is 1. The largest absolute Gasteiger partial charge is 0.356 e. The summed E-state index contributed by atoms with van der Waals surface area (Å²) in [5.74, 6) is 0.193. The fourth-order valence-corrected chi connectivity index (χ4v) is 0.780. The van der Waals surface area contributed by atoms with Gasteiger partial charge >= 0.3 is 0 Å². The summed E-state index contributed by atoms with van der Waals surface area (Å²) in [4.78, 5) is 10.6. The van der Waals surface area contributed by atoms with E-state index >= 15 is 0 Å². The molecule has 0 saturated carbocycles. The van der Waals surface area contributed by atoms with E-state index in [1.54, 1.807) is 0 Å². The molecule has 1 rings (SSSR count). The minimum absolute atomic E-state index is 0.193. The Morgan fingerprint density at radius 3 is 3.25 bits per heavy atom. The third kappa shape index (κ3) is 1.52. The molecule has 1 aliphatic heterocycles.